The number of carbonyl (C=O) groups excluding carboxylic acids is 2. The van der Waals surface area contributed by atoms with Crippen LogP contribution in [0.1, 0.15) is 43.0 Å². The molecule has 7 nitrogen and oxygen atoms in total. The van der Waals surface area contributed by atoms with Crippen molar-refractivity contribution < 1.29 is 14.3 Å². The van der Waals surface area contributed by atoms with Crippen molar-refractivity contribution in [2.75, 3.05) is 13.2 Å². The molecule has 0 N–H and O–H groups in total. The molecule has 0 aliphatic carbocycles. The Kier molecular flexibility index (Phi) is 5.42. The third-order valence-electron chi connectivity index (χ3n) is 4.53. The zero-order valence-electron chi connectivity index (χ0n) is 14.3. The van der Waals surface area contributed by atoms with Gasteiger partial charge in [-0.1, -0.05) is 6.92 Å². The zero-order chi connectivity index (χ0) is 17.6. The summed E-state index contributed by atoms with van der Waals surface area (Å²) in [7, 11) is 0. The summed E-state index contributed by atoms with van der Waals surface area (Å²) in [6.45, 7) is 2.63. The van der Waals surface area contributed by atoms with E-state index in [1.54, 1.807) is 35.3 Å². The van der Waals surface area contributed by atoms with Crippen LogP contribution in [-0.2, 0) is 9.53 Å². The molecule has 25 heavy (non-hydrogen) atoms. The maximum Gasteiger partial charge on any atom is 0.338 e. The molecule has 1 atom stereocenters. The quantitative estimate of drug-likeness (QED) is 0.779. The highest BCUT2D eigenvalue weighted by Gasteiger charge is 2.26. The predicted molar refractivity (Wildman–Crippen MR) is 91.3 cm³/mol. The van der Waals surface area contributed by atoms with Crippen LogP contribution in [-0.4, -0.2) is 50.7 Å². The lowest BCUT2D eigenvalue weighted by molar-refractivity contribution is -0.138. The van der Waals surface area contributed by atoms with Crippen molar-refractivity contribution >= 4 is 11.9 Å². The van der Waals surface area contributed by atoms with Crippen LogP contribution < -0.4 is 0 Å². The maximum absolute atomic E-state index is 12.3. The molecule has 1 amide bonds. The van der Waals surface area contributed by atoms with Crippen molar-refractivity contribution in [2.24, 2.45) is 0 Å². The van der Waals surface area contributed by atoms with Gasteiger partial charge in [0.1, 0.15) is 12.7 Å². The van der Waals surface area contributed by atoms with E-state index in [1.807, 2.05) is 4.90 Å². The Balaban J connectivity index is 1.56. The van der Waals surface area contributed by atoms with Gasteiger partial charge in [-0.3, -0.25) is 4.79 Å². The lowest BCUT2D eigenvalue weighted by Gasteiger charge is -2.35. The van der Waals surface area contributed by atoms with E-state index in [4.69, 9.17) is 4.74 Å². The first kappa shape index (κ1) is 17.1. The first-order chi connectivity index (χ1) is 12.2. The maximum atomic E-state index is 12.3. The summed E-state index contributed by atoms with van der Waals surface area (Å²) in [6, 6.07) is 7.08. The van der Waals surface area contributed by atoms with E-state index < -0.39 is 5.97 Å². The van der Waals surface area contributed by atoms with E-state index in [-0.39, 0.29) is 18.6 Å². The molecule has 1 aromatic heterocycles. The number of nitrogens with zero attached hydrogens (tertiary/aromatic N) is 4. The number of rotatable bonds is 5. The van der Waals surface area contributed by atoms with E-state index in [9.17, 15) is 9.59 Å². The van der Waals surface area contributed by atoms with Gasteiger partial charge in [0, 0.05) is 12.6 Å². The topological polar surface area (TPSA) is 77.3 Å². The number of ether oxygens (including phenoxy) is 1. The van der Waals surface area contributed by atoms with Crippen LogP contribution >= 0.6 is 0 Å². The van der Waals surface area contributed by atoms with Crippen LogP contribution in [0.15, 0.2) is 36.9 Å². The predicted octanol–water partition coefficient (Wildman–Crippen LogP) is 2.22. The van der Waals surface area contributed by atoms with Gasteiger partial charge in [0.25, 0.3) is 5.91 Å². The highest BCUT2D eigenvalue weighted by Crippen LogP contribution is 2.19. The largest absolute Gasteiger partial charge is 0.452 e. The number of hydrogen-bond acceptors (Lipinski definition) is 5. The van der Waals surface area contributed by atoms with Crippen LogP contribution in [0.25, 0.3) is 5.69 Å². The van der Waals surface area contributed by atoms with Crippen molar-refractivity contribution in [1.29, 1.82) is 0 Å². The highest BCUT2D eigenvalue weighted by molar-refractivity contribution is 5.91. The van der Waals surface area contributed by atoms with E-state index in [1.165, 1.54) is 6.33 Å². The van der Waals surface area contributed by atoms with Crippen LogP contribution in [0.5, 0.6) is 0 Å². The molecule has 0 saturated carbocycles. The molecule has 2 aromatic rings. The summed E-state index contributed by atoms with van der Waals surface area (Å²) in [5.74, 6) is -0.609. The average Bonchev–Trinajstić information content (AvgIpc) is 3.20. The van der Waals surface area contributed by atoms with Gasteiger partial charge in [0.15, 0.2) is 6.61 Å². The minimum absolute atomic E-state index is 0.112. The van der Waals surface area contributed by atoms with Crippen LogP contribution in [0.3, 0.4) is 0 Å². The molecule has 1 aromatic carbocycles. The fourth-order valence-electron chi connectivity index (χ4n) is 3.14. The Morgan fingerprint density at radius 2 is 2.04 bits per heavy atom. The molecule has 2 heterocycles. The first-order valence-corrected chi connectivity index (χ1v) is 8.60. The Morgan fingerprint density at radius 1 is 1.24 bits per heavy atom. The highest BCUT2D eigenvalue weighted by atomic mass is 16.5. The second-order valence-corrected chi connectivity index (χ2v) is 6.11. The standard InChI is InChI=1S/C18H22N4O3/c1-2-15-5-3-4-10-21(15)17(23)11-25-18(24)14-6-8-16(9-7-14)22-13-19-12-20-22/h6-9,12-13,15H,2-5,10-11H2,1H3/t15-/m1/s1. The molecule has 0 unspecified atom stereocenters. The number of aromatic nitrogens is 3. The molecule has 0 radical (unpaired) electrons. The number of esters is 1. The molecule has 1 aliphatic rings. The van der Waals surface area contributed by atoms with E-state index in [0.29, 0.717) is 5.56 Å². The Bertz CT molecular complexity index is 712. The van der Waals surface area contributed by atoms with Gasteiger partial charge in [-0.15, -0.1) is 0 Å². The molecular formula is C18H22N4O3. The van der Waals surface area contributed by atoms with Gasteiger partial charge in [-0.25, -0.2) is 14.5 Å². The van der Waals surface area contributed by atoms with Gasteiger partial charge in [0.2, 0.25) is 0 Å². The summed E-state index contributed by atoms with van der Waals surface area (Å²) in [6.07, 6.45) is 7.15. The molecule has 7 heteroatoms. The lowest BCUT2D eigenvalue weighted by atomic mass is 10.00. The number of benzene rings is 1. The molecule has 1 aliphatic heterocycles. The number of likely N-dealkylation sites (tertiary alicyclic amines) is 1. The summed E-state index contributed by atoms with van der Waals surface area (Å²) >= 11 is 0. The van der Waals surface area contributed by atoms with E-state index in [0.717, 1.165) is 37.9 Å². The molecule has 3 rings (SSSR count). The van der Waals surface area contributed by atoms with Crippen molar-refractivity contribution in [2.45, 2.75) is 38.6 Å². The number of carbonyl (C=O) groups is 2. The van der Waals surface area contributed by atoms with Crippen molar-refractivity contribution in [3.05, 3.63) is 42.5 Å². The Labute approximate surface area is 146 Å². The molecule has 0 bridgehead atoms. The lowest BCUT2D eigenvalue weighted by Crippen LogP contribution is -2.45. The molecular weight excluding hydrogens is 320 g/mol. The van der Waals surface area contributed by atoms with Crippen LogP contribution in [0.2, 0.25) is 0 Å². The molecule has 1 saturated heterocycles. The number of hydrogen-bond donors (Lipinski definition) is 0. The normalized spacial score (nSPS) is 17.3. The van der Waals surface area contributed by atoms with Gasteiger partial charge in [-0.05, 0) is 49.9 Å². The molecule has 132 valence electrons. The summed E-state index contributed by atoms with van der Waals surface area (Å²) in [5.41, 5.74) is 1.20. The average molecular weight is 342 g/mol. The van der Waals surface area contributed by atoms with E-state index in [2.05, 4.69) is 17.0 Å². The van der Waals surface area contributed by atoms with Crippen molar-refractivity contribution in [3.63, 3.8) is 0 Å². The summed E-state index contributed by atoms with van der Waals surface area (Å²) in [4.78, 5) is 30.2. The van der Waals surface area contributed by atoms with Crippen molar-refractivity contribution in [1.82, 2.24) is 19.7 Å². The second kappa shape index (κ2) is 7.92. The van der Waals surface area contributed by atoms with Crippen LogP contribution in [0.4, 0.5) is 0 Å². The SMILES string of the molecule is CC[C@@H]1CCCCN1C(=O)COC(=O)c1ccc(-n2cncn2)cc1. The third-order valence-corrected chi connectivity index (χ3v) is 4.53. The number of piperidine rings is 1. The van der Waals surface area contributed by atoms with Gasteiger partial charge < -0.3 is 9.64 Å². The molecule has 1 fully saturated rings. The summed E-state index contributed by atoms with van der Waals surface area (Å²) in [5, 5.41) is 4.03. The minimum atomic E-state index is -0.497. The monoisotopic (exact) mass is 342 g/mol. The first-order valence-electron chi connectivity index (χ1n) is 8.60. The molecule has 0 spiro atoms. The van der Waals surface area contributed by atoms with Gasteiger partial charge >= 0.3 is 5.97 Å². The van der Waals surface area contributed by atoms with Crippen molar-refractivity contribution in [3.8, 4) is 5.69 Å². The fraction of sp³-hybridized carbons (Fsp3) is 0.444. The third kappa shape index (κ3) is 4.04. The smallest absolute Gasteiger partial charge is 0.338 e. The second-order valence-electron chi connectivity index (χ2n) is 6.11. The Hall–Kier alpha value is -2.70. The van der Waals surface area contributed by atoms with Gasteiger partial charge in [-0.2, -0.15) is 5.10 Å². The number of amides is 1. The summed E-state index contributed by atoms with van der Waals surface area (Å²) < 4.78 is 6.80. The van der Waals surface area contributed by atoms with Gasteiger partial charge in [0.05, 0.1) is 11.3 Å². The van der Waals surface area contributed by atoms with Crippen LogP contribution in [0, 0.1) is 0 Å². The Morgan fingerprint density at radius 3 is 2.72 bits per heavy atom. The minimum Gasteiger partial charge on any atom is -0.452 e. The fourth-order valence-corrected chi connectivity index (χ4v) is 3.14. The van der Waals surface area contributed by atoms with E-state index >= 15 is 0 Å². The zero-order valence-corrected chi connectivity index (χ0v) is 14.3.